The molecule has 2 aromatic heterocycles. The molecule has 0 spiro atoms. The Labute approximate surface area is 161 Å². The van der Waals surface area contributed by atoms with Crippen LogP contribution in [0.4, 0.5) is 0 Å². The summed E-state index contributed by atoms with van der Waals surface area (Å²) >= 11 is 0. The number of H-pyrrole nitrogens is 1. The molecule has 5 rings (SSSR count). The van der Waals surface area contributed by atoms with Crippen molar-refractivity contribution in [3.8, 4) is 28.3 Å². The summed E-state index contributed by atoms with van der Waals surface area (Å²) in [6, 6.07) is 11.9. The normalized spacial score (nSPS) is 15.7. The highest BCUT2D eigenvalue weighted by molar-refractivity contribution is 5.88. The molecule has 3 heterocycles. The van der Waals surface area contributed by atoms with Gasteiger partial charge in [0.2, 0.25) is 0 Å². The molecule has 1 atom stereocenters. The number of fused-ring (bicyclic) bond motifs is 2. The SMILES string of the molecule is COc1cc2[nH]c(-c3ccc4c(c3)CNC4C)cc(=O)c2cc1-c1cnco1. The van der Waals surface area contributed by atoms with Crippen LogP contribution in [0.3, 0.4) is 0 Å². The standard InChI is InChI=1S/C22H19N3O3/c1-12-15-4-3-13(5-14(15)9-24-12)18-7-20(26)16-6-17(22-10-23-11-28-22)21(27-2)8-19(16)25-18/h3-8,10-12,24H,9H2,1-2H3,(H,25,26). The zero-order chi connectivity index (χ0) is 19.3. The highest BCUT2D eigenvalue weighted by atomic mass is 16.5. The van der Waals surface area contributed by atoms with Gasteiger partial charge in [0, 0.05) is 35.8 Å². The molecule has 2 N–H and O–H groups in total. The Morgan fingerprint density at radius 2 is 2.11 bits per heavy atom. The number of ether oxygens (including phenoxy) is 1. The molecule has 1 aliphatic rings. The van der Waals surface area contributed by atoms with Gasteiger partial charge in [0.15, 0.2) is 17.6 Å². The maximum Gasteiger partial charge on any atom is 0.190 e. The molecule has 0 aliphatic carbocycles. The van der Waals surface area contributed by atoms with Crippen molar-refractivity contribution in [2.24, 2.45) is 0 Å². The molecule has 0 fully saturated rings. The number of methoxy groups -OCH3 is 1. The van der Waals surface area contributed by atoms with Crippen molar-refractivity contribution in [3.63, 3.8) is 0 Å². The van der Waals surface area contributed by atoms with Gasteiger partial charge in [-0.25, -0.2) is 4.98 Å². The number of benzene rings is 2. The van der Waals surface area contributed by atoms with Crippen LogP contribution < -0.4 is 15.5 Å². The smallest absolute Gasteiger partial charge is 0.190 e. The Balaban J connectivity index is 1.67. The number of pyridine rings is 1. The molecule has 1 unspecified atom stereocenters. The van der Waals surface area contributed by atoms with Crippen LogP contribution in [0.5, 0.6) is 5.75 Å². The molecule has 0 radical (unpaired) electrons. The number of nitrogens with one attached hydrogen (secondary N) is 2. The van der Waals surface area contributed by atoms with Crippen LogP contribution in [-0.2, 0) is 6.54 Å². The van der Waals surface area contributed by atoms with E-state index < -0.39 is 0 Å². The predicted molar refractivity (Wildman–Crippen MR) is 107 cm³/mol. The molecule has 0 bridgehead atoms. The number of rotatable bonds is 3. The molecule has 4 aromatic rings. The van der Waals surface area contributed by atoms with Crippen molar-refractivity contribution < 1.29 is 9.15 Å². The van der Waals surface area contributed by atoms with Gasteiger partial charge in [0.25, 0.3) is 0 Å². The van der Waals surface area contributed by atoms with Gasteiger partial charge >= 0.3 is 0 Å². The van der Waals surface area contributed by atoms with Crippen LogP contribution in [0.2, 0.25) is 0 Å². The summed E-state index contributed by atoms with van der Waals surface area (Å²) in [7, 11) is 1.59. The predicted octanol–water partition coefficient (Wildman–Crippen LogP) is 4.02. The summed E-state index contributed by atoms with van der Waals surface area (Å²) in [5.74, 6) is 1.17. The molecular formula is C22H19N3O3. The zero-order valence-electron chi connectivity index (χ0n) is 15.6. The van der Waals surface area contributed by atoms with E-state index in [1.165, 1.54) is 17.5 Å². The lowest BCUT2D eigenvalue weighted by Gasteiger charge is -2.11. The topological polar surface area (TPSA) is 80.1 Å². The second-order valence-corrected chi connectivity index (χ2v) is 7.03. The van der Waals surface area contributed by atoms with Crippen LogP contribution in [0.1, 0.15) is 24.1 Å². The van der Waals surface area contributed by atoms with Gasteiger partial charge in [-0.05, 0) is 35.7 Å². The van der Waals surface area contributed by atoms with Crippen LogP contribution in [-0.4, -0.2) is 17.1 Å². The van der Waals surface area contributed by atoms with Crippen LogP contribution in [0, 0.1) is 0 Å². The number of aromatic amines is 1. The summed E-state index contributed by atoms with van der Waals surface area (Å²) in [6.07, 6.45) is 2.96. The molecule has 0 amide bonds. The van der Waals surface area contributed by atoms with Crippen LogP contribution >= 0.6 is 0 Å². The van der Waals surface area contributed by atoms with Crippen LogP contribution in [0.15, 0.2) is 58.2 Å². The summed E-state index contributed by atoms with van der Waals surface area (Å²) in [5, 5.41) is 4.01. The minimum absolute atomic E-state index is 0.0563. The number of hydrogen-bond acceptors (Lipinski definition) is 5. The van der Waals surface area contributed by atoms with Crippen molar-refractivity contribution in [2.75, 3.05) is 7.11 Å². The molecule has 2 aromatic carbocycles. The lowest BCUT2D eigenvalue weighted by Crippen LogP contribution is -2.06. The van der Waals surface area contributed by atoms with Crippen molar-refractivity contribution in [3.05, 3.63) is 70.3 Å². The first kappa shape index (κ1) is 16.8. The Bertz CT molecular complexity index is 1240. The van der Waals surface area contributed by atoms with E-state index in [0.29, 0.717) is 28.5 Å². The molecule has 1 aliphatic heterocycles. The first-order valence-electron chi connectivity index (χ1n) is 9.14. The van der Waals surface area contributed by atoms with Crippen molar-refractivity contribution >= 4 is 10.9 Å². The van der Waals surface area contributed by atoms with E-state index in [1.54, 1.807) is 25.4 Å². The Morgan fingerprint density at radius 1 is 1.21 bits per heavy atom. The number of aromatic nitrogens is 2. The van der Waals surface area contributed by atoms with Gasteiger partial charge in [-0.1, -0.05) is 12.1 Å². The first-order valence-corrected chi connectivity index (χ1v) is 9.14. The summed E-state index contributed by atoms with van der Waals surface area (Å²) in [5.41, 5.74) is 5.72. The van der Waals surface area contributed by atoms with E-state index in [9.17, 15) is 4.79 Å². The maximum atomic E-state index is 12.9. The number of nitrogens with zero attached hydrogens (tertiary/aromatic N) is 1. The van der Waals surface area contributed by atoms with Crippen molar-refractivity contribution in [2.45, 2.75) is 19.5 Å². The maximum absolute atomic E-state index is 12.9. The monoisotopic (exact) mass is 373 g/mol. The molecule has 6 heteroatoms. The number of hydrogen-bond donors (Lipinski definition) is 2. The second kappa shape index (κ2) is 6.35. The van der Waals surface area contributed by atoms with E-state index in [0.717, 1.165) is 23.3 Å². The lowest BCUT2D eigenvalue weighted by atomic mass is 10.00. The highest BCUT2D eigenvalue weighted by Gasteiger charge is 2.19. The minimum atomic E-state index is -0.0563. The molecule has 0 saturated carbocycles. The third kappa shape index (κ3) is 2.61. The Morgan fingerprint density at radius 3 is 2.89 bits per heavy atom. The van der Waals surface area contributed by atoms with Gasteiger partial charge in [0.05, 0.1) is 24.4 Å². The summed E-state index contributed by atoms with van der Waals surface area (Å²) < 4.78 is 10.9. The molecular weight excluding hydrogens is 354 g/mol. The van der Waals surface area contributed by atoms with E-state index in [1.807, 2.05) is 6.07 Å². The largest absolute Gasteiger partial charge is 0.496 e. The van der Waals surface area contributed by atoms with E-state index >= 15 is 0 Å². The Hall–Kier alpha value is -3.38. The average molecular weight is 373 g/mol. The second-order valence-electron chi connectivity index (χ2n) is 7.03. The third-order valence-corrected chi connectivity index (χ3v) is 5.37. The molecule has 140 valence electrons. The minimum Gasteiger partial charge on any atom is -0.496 e. The van der Waals surface area contributed by atoms with Crippen molar-refractivity contribution in [1.29, 1.82) is 0 Å². The fraction of sp³-hybridized carbons (Fsp3) is 0.182. The van der Waals surface area contributed by atoms with Gasteiger partial charge in [-0.3, -0.25) is 4.79 Å². The van der Waals surface area contributed by atoms with Gasteiger partial charge in [-0.2, -0.15) is 0 Å². The highest BCUT2D eigenvalue weighted by Crippen LogP contribution is 2.34. The van der Waals surface area contributed by atoms with Crippen molar-refractivity contribution in [1.82, 2.24) is 15.3 Å². The Kier molecular flexibility index (Phi) is 3.80. The molecule has 28 heavy (non-hydrogen) atoms. The van der Waals surface area contributed by atoms with Crippen LogP contribution in [0.25, 0.3) is 33.5 Å². The quantitative estimate of drug-likeness (QED) is 0.567. The van der Waals surface area contributed by atoms with E-state index in [4.69, 9.17) is 9.15 Å². The fourth-order valence-corrected chi connectivity index (χ4v) is 3.86. The lowest BCUT2D eigenvalue weighted by molar-refractivity contribution is 0.415. The summed E-state index contributed by atoms with van der Waals surface area (Å²) in [6.45, 7) is 3.00. The molecule has 0 saturated heterocycles. The molecule has 6 nitrogen and oxygen atoms in total. The summed E-state index contributed by atoms with van der Waals surface area (Å²) in [4.78, 5) is 20.2. The number of oxazole rings is 1. The first-order chi connectivity index (χ1) is 13.6. The van der Waals surface area contributed by atoms with E-state index in [-0.39, 0.29) is 5.43 Å². The van der Waals surface area contributed by atoms with Gasteiger partial charge in [0.1, 0.15) is 5.75 Å². The van der Waals surface area contributed by atoms with Gasteiger partial charge < -0.3 is 19.5 Å². The van der Waals surface area contributed by atoms with E-state index in [2.05, 4.69) is 40.4 Å². The van der Waals surface area contributed by atoms with Gasteiger partial charge in [-0.15, -0.1) is 0 Å². The third-order valence-electron chi connectivity index (χ3n) is 5.37. The fourth-order valence-electron chi connectivity index (χ4n) is 3.86. The zero-order valence-corrected chi connectivity index (χ0v) is 15.6. The average Bonchev–Trinajstić information content (AvgIpc) is 3.37.